The van der Waals surface area contributed by atoms with Crippen LogP contribution in [0, 0.1) is 0 Å². The number of hydrogen-bond donors (Lipinski definition) is 2. The molecule has 3 rings (SSSR count). The van der Waals surface area contributed by atoms with Gasteiger partial charge in [-0.1, -0.05) is 24.3 Å². The van der Waals surface area contributed by atoms with E-state index in [0.29, 0.717) is 11.2 Å². The minimum atomic E-state index is -4.31. The standard InChI is InChI=1S/C16H13F3N2S/c17-16(18,19)14-10-22-15-7-6-11(8-13(14)15)9-20-21-12-4-2-1-3-5-12/h1-8,10,20-21H,9H2. The molecule has 0 saturated carbocycles. The summed E-state index contributed by atoms with van der Waals surface area (Å²) < 4.78 is 39.5. The van der Waals surface area contributed by atoms with Crippen LogP contribution in [0.25, 0.3) is 10.1 Å². The number of nitrogens with one attached hydrogen (secondary N) is 2. The highest BCUT2D eigenvalue weighted by molar-refractivity contribution is 7.17. The predicted octanol–water partition coefficient (Wildman–Crippen LogP) is 5.04. The number of fused-ring (bicyclic) bond motifs is 1. The van der Waals surface area contributed by atoms with Crippen LogP contribution in [0.2, 0.25) is 0 Å². The van der Waals surface area contributed by atoms with E-state index in [0.717, 1.165) is 22.6 Å². The molecule has 3 aromatic rings. The summed E-state index contributed by atoms with van der Waals surface area (Å²) in [6, 6.07) is 14.7. The Labute approximate surface area is 129 Å². The van der Waals surface area contributed by atoms with E-state index < -0.39 is 11.7 Å². The molecule has 0 spiro atoms. The van der Waals surface area contributed by atoms with Crippen LogP contribution in [0.3, 0.4) is 0 Å². The summed E-state index contributed by atoms with van der Waals surface area (Å²) in [5, 5.41) is 1.43. The molecule has 0 aliphatic carbocycles. The first-order valence-electron chi connectivity index (χ1n) is 6.65. The quantitative estimate of drug-likeness (QED) is 0.658. The highest BCUT2D eigenvalue weighted by Gasteiger charge is 2.33. The third-order valence-corrected chi connectivity index (χ3v) is 4.21. The lowest BCUT2D eigenvalue weighted by Gasteiger charge is -2.09. The zero-order chi connectivity index (χ0) is 15.6. The maximum atomic E-state index is 12.9. The molecule has 1 aromatic heterocycles. The van der Waals surface area contributed by atoms with E-state index in [4.69, 9.17) is 0 Å². The number of hydrogen-bond acceptors (Lipinski definition) is 3. The lowest BCUT2D eigenvalue weighted by molar-refractivity contribution is -0.136. The monoisotopic (exact) mass is 322 g/mol. The highest BCUT2D eigenvalue weighted by Crippen LogP contribution is 2.38. The van der Waals surface area contributed by atoms with Crippen LogP contribution in [-0.2, 0) is 12.7 Å². The summed E-state index contributed by atoms with van der Waals surface area (Å²) in [6.07, 6.45) is -4.31. The van der Waals surface area contributed by atoms with Gasteiger partial charge in [-0.25, -0.2) is 5.43 Å². The van der Waals surface area contributed by atoms with Crippen molar-refractivity contribution >= 4 is 27.1 Å². The third kappa shape index (κ3) is 3.23. The molecule has 2 nitrogen and oxygen atoms in total. The molecule has 0 fully saturated rings. The Hall–Kier alpha value is -2.05. The Kier molecular flexibility index (Phi) is 4.04. The molecule has 0 saturated heterocycles. The summed E-state index contributed by atoms with van der Waals surface area (Å²) in [5.41, 5.74) is 7.14. The molecule has 0 atom stereocenters. The van der Waals surface area contributed by atoms with Gasteiger partial charge in [0.05, 0.1) is 5.56 Å². The number of alkyl halides is 3. The minimum Gasteiger partial charge on any atom is -0.321 e. The van der Waals surface area contributed by atoms with Crippen LogP contribution in [0.5, 0.6) is 0 Å². The van der Waals surface area contributed by atoms with Crippen LogP contribution in [0.15, 0.2) is 53.9 Å². The van der Waals surface area contributed by atoms with Gasteiger partial charge < -0.3 is 5.43 Å². The minimum absolute atomic E-state index is 0.261. The molecular weight excluding hydrogens is 309 g/mol. The third-order valence-electron chi connectivity index (χ3n) is 3.24. The second-order valence-electron chi connectivity index (χ2n) is 4.82. The van der Waals surface area contributed by atoms with Gasteiger partial charge in [-0.2, -0.15) is 13.2 Å². The maximum absolute atomic E-state index is 12.9. The van der Waals surface area contributed by atoms with Gasteiger partial charge in [0.15, 0.2) is 0 Å². The van der Waals surface area contributed by atoms with Crippen molar-refractivity contribution in [2.45, 2.75) is 12.7 Å². The molecular formula is C16H13F3N2S. The average Bonchev–Trinajstić information content (AvgIpc) is 2.91. The van der Waals surface area contributed by atoms with Crippen molar-refractivity contribution < 1.29 is 13.2 Å². The van der Waals surface area contributed by atoms with Crippen molar-refractivity contribution in [2.75, 3.05) is 5.43 Å². The first kappa shape index (κ1) is 14.9. The van der Waals surface area contributed by atoms with Crippen LogP contribution >= 0.6 is 11.3 Å². The fourth-order valence-electron chi connectivity index (χ4n) is 2.18. The van der Waals surface area contributed by atoms with Gasteiger partial charge in [-0.05, 0) is 29.8 Å². The van der Waals surface area contributed by atoms with E-state index in [1.807, 2.05) is 36.4 Å². The van der Waals surface area contributed by atoms with E-state index in [1.165, 1.54) is 5.38 Å². The molecule has 0 radical (unpaired) electrons. The van der Waals surface area contributed by atoms with Crippen LogP contribution < -0.4 is 10.9 Å². The fraction of sp³-hybridized carbons (Fsp3) is 0.125. The maximum Gasteiger partial charge on any atom is 0.417 e. The van der Waals surface area contributed by atoms with Crippen molar-refractivity contribution in [1.82, 2.24) is 5.43 Å². The fourth-order valence-corrected chi connectivity index (χ4v) is 3.12. The summed E-state index contributed by atoms with van der Waals surface area (Å²) in [5.74, 6) is 0. The van der Waals surface area contributed by atoms with Gasteiger partial charge in [-0.3, -0.25) is 0 Å². The number of benzene rings is 2. The predicted molar refractivity (Wildman–Crippen MR) is 83.7 cm³/mol. The lowest BCUT2D eigenvalue weighted by Crippen LogP contribution is -2.20. The Morgan fingerprint density at radius 3 is 2.50 bits per heavy atom. The molecule has 0 bridgehead atoms. The first-order valence-corrected chi connectivity index (χ1v) is 7.53. The zero-order valence-electron chi connectivity index (χ0n) is 11.4. The van der Waals surface area contributed by atoms with E-state index in [2.05, 4.69) is 10.9 Å². The normalized spacial score (nSPS) is 11.8. The van der Waals surface area contributed by atoms with Gasteiger partial charge in [0.2, 0.25) is 0 Å². The van der Waals surface area contributed by atoms with Crippen LogP contribution in [0.4, 0.5) is 18.9 Å². The van der Waals surface area contributed by atoms with E-state index in [9.17, 15) is 13.2 Å². The van der Waals surface area contributed by atoms with Gasteiger partial charge in [-0.15, -0.1) is 11.3 Å². The SMILES string of the molecule is FC(F)(F)c1csc2ccc(CNNc3ccccc3)cc12. The van der Waals surface area contributed by atoms with Gasteiger partial charge in [0.25, 0.3) is 0 Å². The van der Waals surface area contributed by atoms with Crippen molar-refractivity contribution in [3.8, 4) is 0 Å². The van der Waals surface area contributed by atoms with E-state index >= 15 is 0 Å². The molecule has 0 aliphatic heterocycles. The van der Waals surface area contributed by atoms with Crippen molar-refractivity contribution in [1.29, 1.82) is 0 Å². The summed E-state index contributed by atoms with van der Waals surface area (Å²) in [4.78, 5) is 0. The molecule has 2 N–H and O–H groups in total. The topological polar surface area (TPSA) is 24.1 Å². The number of thiophene rings is 1. The molecule has 2 aromatic carbocycles. The summed E-state index contributed by atoms with van der Waals surface area (Å²) >= 11 is 1.11. The largest absolute Gasteiger partial charge is 0.417 e. The number of rotatable bonds is 4. The molecule has 114 valence electrons. The molecule has 0 aliphatic rings. The smallest absolute Gasteiger partial charge is 0.321 e. The molecule has 1 heterocycles. The number of anilines is 1. The van der Waals surface area contributed by atoms with Crippen molar-refractivity contribution in [2.24, 2.45) is 0 Å². The Bertz CT molecular complexity index is 766. The van der Waals surface area contributed by atoms with E-state index in [-0.39, 0.29) is 5.39 Å². The first-order chi connectivity index (χ1) is 10.5. The van der Waals surface area contributed by atoms with Crippen LogP contribution in [0.1, 0.15) is 11.1 Å². The molecule has 0 amide bonds. The zero-order valence-corrected chi connectivity index (χ0v) is 12.3. The number of halogens is 3. The number of hydrazine groups is 1. The van der Waals surface area contributed by atoms with E-state index in [1.54, 1.807) is 12.1 Å². The summed E-state index contributed by atoms with van der Waals surface area (Å²) in [7, 11) is 0. The molecule has 0 unspecified atom stereocenters. The highest BCUT2D eigenvalue weighted by atomic mass is 32.1. The molecule has 6 heteroatoms. The van der Waals surface area contributed by atoms with Crippen molar-refractivity contribution in [3.05, 3.63) is 65.0 Å². The lowest BCUT2D eigenvalue weighted by atomic mass is 10.1. The number of para-hydroxylation sites is 1. The Balaban J connectivity index is 1.74. The molecule has 22 heavy (non-hydrogen) atoms. The summed E-state index contributed by atoms with van der Waals surface area (Å²) in [6.45, 7) is 0.429. The van der Waals surface area contributed by atoms with Gasteiger partial charge >= 0.3 is 6.18 Å². The van der Waals surface area contributed by atoms with Crippen molar-refractivity contribution in [3.63, 3.8) is 0 Å². The Morgan fingerprint density at radius 1 is 1.00 bits per heavy atom. The van der Waals surface area contributed by atoms with Gasteiger partial charge in [0, 0.05) is 27.7 Å². The van der Waals surface area contributed by atoms with Crippen LogP contribution in [-0.4, -0.2) is 0 Å². The Morgan fingerprint density at radius 2 is 1.77 bits per heavy atom. The average molecular weight is 322 g/mol. The second kappa shape index (κ2) is 5.98. The van der Waals surface area contributed by atoms with Gasteiger partial charge in [0.1, 0.15) is 0 Å². The second-order valence-corrected chi connectivity index (χ2v) is 5.73.